The Hall–Kier alpha value is -3.56. The van der Waals surface area contributed by atoms with E-state index in [1.807, 2.05) is 13.8 Å². The topological polar surface area (TPSA) is 126 Å². The highest BCUT2D eigenvalue weighted by Crippen LogP contribution is 2.42. The number of pyridine rings is 1. The van der Waals surface area contributed by atoms with Crippen molar-refractivity contribution in [3.8, 4) is 11.1 Å². The molecule has 0 spiro atoms. The molecule has 3 heterocycles. The lowest BCUT2D eigenvalue weighted by Gasteiger charge is -2.41. The molecule has 0 saturated heterocycles. The largest absolute Gasteiger partial charge is 0.364 e. The van der Waals surface area contributed by atoms with Crippen molar-refractivity contribution in [2.45, 2.75) is 110 Å². The standard InChI is InChI=1S/C33H45FN6O3/c1-5-25-27(20(4)38-39-25)23-16-17-26(35-31(23)34)36-33(42)30(37-32(41)24-18-43-40-29(24)19(2)3)28(21-12-8-6-9-13-21)22-14-10-7-11-15-22/h16-19,21-22,28,30H,5-15H2,1-4H3,(H,37,41)(H,38,39)(H,35,36,42)/t30-/m0/s1/i1D3,5D2. The van der Waals surface area contributed by atoms with Gasteiger partial charge in [0.05, 0.1) is 11.4 Å². The van der Waals surface area contributed by atoms with Crippen molar-refractivity contribution >= 4 is 17.6 Å². The second kappa shape index (κ2) is 13.8. The zero-order chi connectivity index (χ0) is 34.8. The first kappa shape index (κ1) is 24.8. The van der Waals surface area contributed by atoms with Gasteiger partial charge in [0.15, 0.2) is 0 Å². The first-order chi connectivity index (χ1) is 22.7. The molecular weight excluding hydrogens is 547 g/mol. The average Bonchev–Trinajstić information content (AvgIpc) is 3.69. The molecule has 3 aromatic rings. The molecule has 9 nitrogen and oxygen atoms in total. The van der Waals surface area contributed by atoms with Gasteiger partial charge >= 0.3 is 0 Å². The lowest BCUT2D eigenvalue weighted by molar-refractivity contribution is -0.121. The van der Waals surface area contributed by atoms with E-state index in [2.05, 4.69) is 31.0 Å². The van der Waals surface area contributed by atoms with Crippen molar-refractivity contribution < 1.29 is 25.4 Å². The molecule has 0 bridgehead atoms. The molecule has 0 aromatic carbocycles. The molecule has 2 fully saturated rings. The van der Waals surface area contributed by atoms with E-state index in [0.29, 0.717) is 5.69 Å². The Balaban J connectivity index is 1.48. The average molecular weight is 598 g/mol. The summed E-state index contributed by atoms with van der Waals surface area (Å²) in [5, 5.41) is 16.2. The van der Waals surface area contributed by atoms with Crippen LogP contribution in [0.3, 0.4) is 0 Å². The Bertz CT molecular complexity index is 1580. The minimum atomic E-state index is -3.05. The summed E-state index contributed by atoms with van der Waals surface area (Å²) in [5.41, 5.74) is 0.352. The number of hydrogen-bond donors (Lipinski definition) is 3. The summed E-state index contributed by atoms with van der Waals surface area (Å²) in [6.45, 7) is 2.26. The van der Waals surface area contributed by atoms with Gasteiger partial charge in [0.25, 0.3) is 5.91 Å². The van der Waals surface area contributed by atoms with Crippen molar-refractivity contribution in [3.63, 3.8) is 0 Å². The summed E-state index contributed by atoms with van der Waals surface area (Å²) in [6, 6.07) is 1.76. The number of aryl methyl sites for hydroxylation is 2. The van der Waals surface area contributed by atoms with Crippen LogP contribution in [0, 0.1) is 30.6 Å². The van der Waals surface area contributed by atoms with Crippen molar-refractivity contribution in [3.05, 3.63) is 47.0 Å². The molecule has 10 heteroatoms. The third kappa shape index (κ3) is 6.83. The second-order valence-corrected chi connectivity index (χ2v) is 12.3. The molecular formula is C33H45FN6O3. The highest BCUT2D eigenvalue weighted by molar-refractivity contribution is 6.01. The van der Waals surface area contributed by atoms with Gasteiger partial charge < -0.3 is 15.2 Å². The number of carbonyl (C=O) groups is 2. The maximum atomic E-state index is 15.7. The van der Waals surface area contributed by atoms with Gasteiger partial charge in [-0.25, -0.2) is 4.98 Å². The van der Waals surface area contributed by atoms with E-state index >= 15 is 4.39 Å². The zero-order valence-electron chi connectivity index (χ0n) is 30.1. The molecule has 2 amide bonds. The number of anilines is 1. The number of H-pyrrole nitrogens is 1. The van der Waals surface area contributed by atoms with E-state index in [4.69, 9.17) is 11.4 Å². The number of aromatic nitrogens is 4. The van der Waals surface area contributed by atoms with E-state index in [0.717, 1.165) is 64.2 Å². The van der Waals surface area contributed by atoms with Crippen LogP contribution in [0.5, 0.6) is 0 Å². The summed E-state index contributed by atoms with van der Waals surface area (Å²) in [6.07, 6.45) is 8.80. The molecule has 2 saturated carbocycles. The van der Waals surface area contributed by atoms with Gasteiger partial charge in [-0.15, -0.1) is 0 Å². The molecule has 0 radical (unpaired) electrons. The Morgan fingerprint density at radius 3 is 2.40 bits per heavy atom. The van der Waals surface area contributed by atoms with Gasteiger partial charge in [-0.3, -0.25) is 14.7 Å². The highest BCUT2D eigenvalue weighted by Gasteiger charge is 2.41. The number of nitrogens with zero attached hydrogens (tertiary/aromatic N) is 3. The third-order valence-electron chi connectivity index (χ3n) is 9.17. The van der Waals surface area contributed by atoms with Gasteiger partial charge in [-0.05, 0) is 49.1 Å². The van der Waals surface area contributed by atoms with E-state index < -0.39 is 42.7 Å². The number of rotatable bonds is 10. The lowest BCUT2D eigenvalue weighted by Crippen LogP contribution is -2.53. The van der Waals surface area contributed by atoms with Gasteiger partial charge in [0.2, 0.25) is 11.9 Å². The summed E-state index contributed by atoms with van der Waals surface area (Å²) in [4.78, 5) is 32.0. The highest BCUT2D eigenvalue weighted by atomic mass is 19.1. The fraction of sp³-hybridized carbons (Fsp3) is 0.606. The van der Waals surface area contributed by atoms with Crippen LogP contribution in [0.1, 0.15) is 125 Å². The lowest BCUT2D eigenvalue weighted by atomic mass is 9.66. The minimum Gasteiger partial charge on any atom is -0.364 e. The van der Waals surface area contributed by atoms with E-state index in [1.165, 1.54) is 25.3 Å². The first-order valence-corrected chi connectivity index (χ1v) is 15.5. The third-order valence-corrected chi connectivity index (χ3v) is 9.17. The van der Waals surface area contributed by atoms with Crippen molar-refractivity contribution in [1.29, 1.82) is 0 Å². The Labute approximate surface area is 260 Å². The smallest absolute Gasteiger partial charge is 0.257 e. The minimum absolute atomic E-state index is 0.0477. The van der Waals surface area contributed by atoms with Crippen LogP contribution >= 0.6 is 0 Å². The fourth-order valence-corrected chi connectivity index (χ4v) is 7.10. The summed E-state index contributed by atoms with van der Waals surface area (Å²) in [5.74, 6) is -1.86. The summed E-state index contributed by atoms with van der Waals surface area (Å²) < 4.78 is 60.3. The molecule has 2 aliphatic carbocycles. The molecule has 5 rings (SSSR count). The van der Waals surface area contributed by atoms with Crippen molar-refractivity contribution in [1.82, 2.24) is 25.7 Å². The van der Waals surface area contributed by atoms with E-state index in [-0.39, 0.29) is 51.9 Å². The molecule has 232 valence electrons. The van der Waals surface area contributed by atoms with Crippen LogP contribution in [-0.2, 0) is 11.2 Å². The molecule has 3 aromatic heterocycles. The SMILES string of the molecule is [2H]C([2H])([2H])C([2H])([2H])c1[nH]nc(C)c1-c1ccc(NC(=O)[C@@H](NC(=O)c2conc2C(C)C)C(C2CCCCC2)C2CCCCC2)nc1F. The zero-order valence-corrected chi connectivity index (χ0v) is 25.1. The van der Waals surface area contributed by atoms with Crippen LogP contribution in [-0.4, -0.2) is 38.2 Å². The number of amides is 2. The molecule has 2 aliphatic rings. The first-order valence-electron chi connectivity index (χ1n) is 18.0. The summed E-state index contributed by atoms with van der Waals surface area (Å²) >= 11 is 0. The summed E-state index contributed by atoms with van der Waals surface area (Å²) in [7, 11) is 0. The van der Waals surface area contributed by atoms with Crippen LogP contribution < -0.4 is 10.6 Å². The number of aromatic amines is 1. The molecule has 0 unspecified atom stereocenters. The van der Waals surface area contributed by atoms with E-state index in [1.54, 1.807) is 0 Å². The molecule has 43 heavy (non-hydrogen) atoms. The number of carbonyl (C=O) groups excluding carboxylic acids is 2. The normalized spacial score (nSPS) is 19.7. The maximum Gasteiger partial charge on any atom is 0.257 e. The van der Waals surface area contributed by atoms with Gasteiger partial charge in [-0.2, -0.15) is 9.49 Å². The molecule has 3 N–H and O–H groups in total. The Kier molecular flexibility index (Phi) is 7.98. The van der Waals surface area contributed by atoms with Gasteiger partial charge in [0.1, 0.15) is 23.7 Å². The predicted molar refractivity (Wildman–Crippen MR) is 163 cm³/mol. The second-order valence-electron chi connectivity index (χ2n) is 12.3. The quantitative estimate of drug-likeness (QED) is 0.214. The van der Waals surface area contributed by atoms with Crippen LogP contribution in [0.15, 0.2) is 22.9 Å². The monoisotopic (exact) mass is 597 g/mol. The van der Waals surface area contributed by atoms with Crippen LogP contribution in [0.25, 0.3) is 11.1 Å². The molecule has 1 atom stereocenters. The molecule has 0 aliphatic heterocycles. The van der Waals surface area contributed by atoms with Gasteiger partial charge in [0, 0.05) is 23.7 Å². The number of hydrogen-bond acceptors (Lipinski definition) is 6. The Morgan fingerprint density at radius 2 is 1.79 bits per heavy atom. The van der Waals surface area contributed by atoms with E-state index in [9.17, 15) is 9.59 Å². The van der Waals surface area contributed by atoms with Gasteiger partial charge in [-0.1, -0.05) is 90.1 Å². The van der Waals surface area contributed by atoms with Crippen LogP contribution in [0.2, 0.25) is 0 Å². The van der Waals surface area contributed by atoms with Crippen LogP contribution in [0.4, 0.5) is 10.2 Å². The number of nitrogens with one attached hydrogen (secondary N) is 3. The maximum absolute atomic E-state index is 15.7. The predicted octanol–water partition coefficient (Wildman–Crippen LogP) is 7.11. The number of halogens is 1. The fourth-order valence-electron chi connectivity index (χ4n) is 7.10. The van der Waals surface area contributed by atoms with Crippen molar-refractivity contribution in [2.75, 3.05) is 5.32 Å². The van der Waals surface area contributed by atoms with Crippen molar-refractivity contribution in [2.24, 2.45) is 17.8 Å². The Morgan fingerprint density at radius 1 is 1.12 bits per heavy atom.